The number of hydrogen-bond donors (Lipinski definition) is 1. The van der Waals surface area contributed by atoms with Gasteiger partial charge in [0, 0.05) is 30.6 Å². The van der Waals surface area contributed by atoms with E-state index in [0.29, 0.717) is 34.4 Å². The standard InChI is InChI=1S/C27H43NO4S/c1-18-8-10-21(11-9-18)25(29)28(19(2)7-6-16-32-5)22-17-23(33-24(22)26(30)31)20-12-14-27(3,4)15-13-20/h17-21H,6-16H2,1-5H3,(H,30,31). The van der Waals surface area contributed by atoms with Gasteiger partial charge in [-0.25, -0.2) is 4.79 Å². The second-order valence-electron chi connectivity index (χ2n) is 11.3. The van der Waals surface area contributed by atoms with Crippen LogP contribution in [-0.4, -0.2) is 36.7 Å². The van der Waals surface area contributed by atoms with Gasteiger partial charge in [-0.1, -0.05) is 20.8 Å². The van der Waals surface area contributed by atoms with E-state index in [0.717, 1.165) is 69.1 Å². The van der Waals surface area contributed by atoms with Crippen LogP contribution in [0.2, 0.25) is 0 Å². The lowest BCUT2D eigenvalue weighted by Gasteiger charge is -2.35. The van der Waals surface area contributed by atoms with Crippen LogP contribution in [0.25, 0.3) is 0 Å². The average Bonchev–Trinajstić information content (AvgIpc) is 3.19. The molecule has 2 fully saturated rings. The molecule has 0 spiro atoms. The van der Waals surface area contributed by atoms with Crippen LogP contribution in [0.3, 0.4) is 0 Å². The zero-order chi connectivity index (χ0) is 24.2. The first-order valence-corrected chi connectivity index (χ1v) is 13.6. The van der Waals surface area contributed by atoms with Gasteiger partial charge in [0.15, 0.2) is 0 Å². The summed E-state index contributed by atoms with van der Waals surface area (Å²) < 4.78 is 5.23. The van der Waals surface area contributed by atoms with E-state index in [2.05, 4.69) is 27.7 Å². The highest BCUT2D eigenvalue weighted by atomic mass is 32.1. The van der Waals surface area contributed by atoms with Gasteiger partial charge in [0.25, 0.3) is 0 Å². The molecule has 1 amide bonds. The number of anilines is 1. The largest absolute Gasteiger partial charge is 0.477 e. The molecule has 0 bridgehead atoms. The minimum atomic E-state index is -0.920. The summed E-state index contributed by atoms with van der Waals surface area (Å²) in [5, 5.41) is 10.1. The number of carbonyl (C=O) groups is 2. The summed E-state index contributed by atoms with van der Waals surface area (Å²) in [7, 11) is 1.69. The first-order valence-electron chi connectivity index (χ1n) is 12.8. The molecule has 3 rings (SSSR count). The number of nitrogens with zero attached hydrogens (tertiary/aromatic N) is 1. The van der Waals surface area contributed by atoms with Crippen LogP contribution < -0.4 is 4.90 Å². The van der Waals surface area contributed by atoms with Gasteiger partial charge in [-0.05, 0) is 94.4 Å². The van der Waals surface area contributed by atoms with Crippen molar-refractivity contribution in [1.82, 2.24) is 0 Å². The first kappa shape index (κ1) is 26.2. The predicted molar refractivity (Wildman–Crippen MR) is 135 cm³/mol. The smallest absolute Gasteiger partial charge is 0.348 e. The van der Waals surface area contributed by atoms with Crippen molar-refractivity contribution in [3.63, 3.8) is 0 Å². The number of ether oxygens (including phenoxy) is 1. The molecule has 1 N–H and O–H groups in total. The molecule has 1 aromatic rings. The van der Waals surface area contributed by atoms with Crippen molar-refractivity contribution in [2.24, 2.45) is 17.3 Å². The number of carboxylic acid groups (broad SMARTS) is 1. The lowest BCUT2D eigenvalue weighted by atomic mass is 9.73. The number of amides is 1. The fourth-order valence-corrected chi connectivity index (χ4v) is 6.70. The van der Waals surface area contributed by atoms with E-state index in [9.17, 15) is 14.7 Å². The van der Waals surface area contributed by atoms with Gasteiger partial charge in [0.2, 0.25) is 5.91 Å². The predicted octanol–water partition coefficient (Wildman–Crippen LogP) is 7.10. The Labute approximate surface area is 203 Å². The molecule has 0 radical (unpaired) electrons. The number of aromatic carboxylic acids is 1. The van der Waals surface area contributed by atoms with Crippen molar-refractivity contribution in [3.05, 3.63) is 15.8 Å². The average molecular weight is 478 g/mol. The maximum Gasteiger partial charge on any atom is 0.348 e. The molecule has 1 atom stereocenters. The second kappa shape index (κ2) is 11.4. The third kappa shape index (κ3) is 6.60. The molecule has 6 heteroatoms. The van der Waals surface area contributed by atoms with Crippen LogP contribution in [0.15, 0.2) is 6.07 Å². The second-order valence-corrected chi connectivity index (χ2v) is 12.3. The molecule has 2 saturated carbocycles. The maximum atomic E-state index is 13.8. The number of hydrogen-bond acceptors (Lipinski definition) is 4. The summed E-state index contributed by atoms with van der Waals surface area (Å²) in [4.78, 5) is 29.4. The first-order chi connectivity index (χ1) is 15.6. The van der Waals surface area contributed by atoms with Crippen molar-refractivity contribution >= 4 is 28.9 Å². The van der Waals surface area contributed by atoms with E-state index in [1.54, 1.807) is 7.11 Å². The third-order valence-electron chi connectivity index (χ3n) is 7.94. The van der Waals surface area contributed by atoms with E-state index >= 15 is 0 Å². The normalized spacial score (nSPS) is 24.4. The molecule has 1 heterocycles. The summed E-state index contributed by atoms with van der Waals surface area (Å²) in [6.07, 6.45) is 10.1. The van der Waals surface area contributed by atoms with Gasteiger partial charge in [-0.2, -0.15) is 0 Å². The number of carbonyl (C=O) groups excluding carboxylic acids is 1. The Morgan fingerprint density at radius 2 is 1.82 bits per heavy atom. The van der Waals surface area contributed by atoms with Crippen molar-refractivity contribution in [2.75, 3.05) is 18.6 Å². The highest BCUT2D eigenvalue weighted by molar-refractivity contribution is 7.14. The van der Waals surface area contributed by atoms with E-state index < -0.39 is 5.97 Å². The van der Waals surface area contributed by atoms with Gasteiger partial charge < -0.3 is 14.7 Å². The molecule has 0 aliphatic heterocycles. The van der Waals surface area contributed by atoms with E-state index in [1.165, 1.54) is 11.3 Å². The minimum absolute atomic E-state index is 0.00782. The Morgan fingerprint density at radius 1 is 1.18 bits per heavy atom. The van der Waals surface area contributed by atoms with Crippen LogP contribution in [0.5, 0.6) is 0 Å². The van der Waals surface area contributed by atoms with Crippen molar-refractivity contribution in [2.45, 2.75) is 104 Å². The molecule has 33 heavy (non-hydrogen) atoms. The molecule has 186 valence electrons. The van der Waals surface area contributed by atoms with Crippen LogP contribution in [-0.2, 0) is 9.53 Å². The van der Waals surface area contributed by atoms with Gasteiger partial charge in [-0.15, -0.1) is 11.3 Å². The third-order valence-corrected chi connectivity index (χ3v) is 9.22. The topological polar surface area (TPSA) is 66.8 Å². The van der Waals surface area contributed by atoms with Gasteiger partial charge >= 0.3 is 5.97 Å². The monoisotopic (exact) mass is 477 g/mol. The van der Waals surface area contributed by atoms with Gasteiger partial charge in [-0.3, -0.25) is 4.79 Å². The Morgan fingerprint density at radius 3 is 2.39 bits per heavy atom. The molecular weight excluding hydrogens is 434 g/mol. The Bertz CT molecular complexity index is 799. The fourth-order valence-electron chi connectivity index (χ4n) is 5.55. The molecule has 1 unspecified atom stereocenters. The Hall–Kier alpha value is -1.40. The van der Waals surface area contributed by atoms with Crippen molar-refractivity contribution < 1.29 is 19.4 Å². The van der Waals surface area contributed by atoms with Crippen LogP contribution >= 0.6 is 11.3 Å². The summed E-state index contributed by atoms with van der Waals surface area (Å²) in [6, 6.07) is 1.99. The lowest BCUT2D eigenvalue weighted by molar-refractivity contribution is -0.124. The zero-order valence-electron chi connectivity index (χ0n) is 21.2. The lowest BCUT2D eigenvalue weighted by Crippen LogP contribution is -2.44. The van der Waals surface area contributed by atoms with Gasteiger partial charge in [0.05, 0.1) is 5.69 Å². The minimum Gasteiger partial charge on any atom is -0.477 e. The molecule has 2 aliphatic carbocycles. The zero-order valence-corrected chi connectivity index (χ0v) is 22.0. The quantitative estimate of drug-likeness (QED) is 0.385. The molecule has 2 aliphatic rings. The number of thiophene rings is 1. The maximum absolute atomic E-state index is 13.8. The number of methoxy groups -OCH3 is 1. The highest BCUT2D eigenvalue weighted by Crippen LogP contribution is 2.46. The summed E-state index contributed by atoms with van der Waals surface area (Å²) in [6.45, 7) is 9.60. The van der Waals surface area contributed by atoms with Crippen LogP contribution in [0.4, 0.5) is 5.69 Å². The summed E-state index contributed by atoms with van der Waals surface area (Å²) in [5.74, 6) is 0.247. The van der Waals surface area contributed by atoms with Crippen LogP contribution in [0.1, 0.15) is 112 Å². The Kier molecular flexibility index (Phi) is 9.02. The summed E-state index contributed by atoms with van der Waals surface area (Å²) in [5.41, 5.74) is 0.989. The molecule has 5 nitrogen and oxygen atoms in total. The SMILES string of the molecule is COCCCC(C)N(C(=O)C1CCC(C)CC1)c1cc(C2CCC(C)(C)CC2)sc1C(=O)O. The van der Waals surface area contributed by atoms with E-state index in [1.807, 2.05) is 11.0 Å². The van der Waals surface area contributed by atoms with E-state index in [-0.39, 0.29) is 17.9 Å². The van der Waals surface area contributed by atoms with Crippen LogP contribution in [0, 0.1) is 17.3 Å². The van der Waals surface area contributed by atoms with Crippen molar-refractivity contribution in [1.29, 1.82) is 0 Å². The van der Waals surface area contributed by atoms with Crippen molar-refractivity contribution in [3.8, 4) is 0 Å². The van der Waals surface area contributed by atoms with E-state index in [4.69, 9.17) is 4.74 Å². The molecule has 1 aromatic heterocycles. The number of carboxylic acids is 1. The number of rotatable bonds is 9. The molecular formula is C27H43NO4S. The van der Waals surface area contributed by atoms with Gasteiger partial charge in [0.1, 0.15) is 4.88 Å². The molecule has 0 saturated heterocycles. The fraction of sp³-hybridized carbons (Fsp3) is 0.778. The summed E-state index contributed by atoms with van der Waals surface area (Å²) >= 11 is 1.39. The molecule has 0 aromatic carbocycles. The Balaban J connectivity index is 1.91. The highest BCUT2D eigenvalue weighted by Gasteiger charge is 2.36.